The summed E-state index contributed by atoms with van der Waals surface area (Å²) >= 11 is 0. The van der Waals surface area contributed by atoms with Crippen LogP contribution >= 0.6 is 0 Å². The number of piperazine rings is 1. The molecule has 1 aliphatic rings. The van der Waals surface area contributed by atoms with E-state index >= 15 is 0 Å². The van der Waals surface area contributed by atoms with E-state index in [4.69, 9.17) is 0 Å². The van der Waals surface area contributed by atoms with E-state index < -0.39 is 0 Å². The van der Waals surface area contributed by atoms with Gasteiger partial charge in [-0.15, -0.1) is 0 Å². The Bertz CT molecular complexity index is 683. The first-order chi connectivity index (χ1) is 11.5. The van der Waals surface area contributed by atoms with Gasteiger partial charge in [0.2, 0.25) is 5.91 Å². The van der Waals surface area contributed by atoms with Crippen molar-refractivity contribution in [3.05, 3.63) is 47.2 Å². The van der Waals surface area contributed by atoms with E-state index in [1.54, 1.807) is 9.80 Å². The number of nitriles is 1. The molecular weight excluding hydrogens is 304 g/mol. The Kier molecular flexibility index (Phi) is 5.96. The van der Waals surface area contributed by atoms with Crippen molar-refractivity contribution in [3.63, 3.8) is 0 Å². The van der Waals surface area contributed by atoms with Gasteiger partial charge in [0.05, 0.1) is 0 Å². The first-order valence-corrected chi connectivity index (χ1v) is 7.96. The minimum Gasteiger partial charge on any atom is -0.386 e. The summed E-state index contributed by atoms with van der Waals surface area (Å²) in [4.78, 5) is 27.0. The predicted molar refractivity (Wildman–Crippen MR) is 90.5 cm³/mol. The number of nitrogens with zero attached hydrogens (tertiary/aromatic N) is 3. The maximum Gasteiger partial charge on any atom is 0.266 e. The van der Waals surface area contributed by atoms with Crippen molar-refractivity contribution in [2.75, 3.05) is 26.2 Å². The first kappa shape index (κ1) is 17.5. The molecule has 0 radical (unpaired) electrons. The number of aryl methyl sites for hydroxylation is 1. The van der Waals surface area contributed by atoms with Gasteiger partial charge in [-0.05, 0) is 18.1 Å². The minimum atomic E-state index is -0.294. The van der Waals surface area contributed by atoms with E-state index in [0.29, 0.717) is 32.7 Å². The zero-order valence-electron chi connectivity index (χ0n) is 14.1. The van der Waals surface area contributed by atoms with Gasteiger partial charge in [-0.2, -0.15) is 5.26 Å². The van der Waals surface area contributed by atoms with Crippen molar-refractivity contribution < 1.29 is 9.59 Å². The molecule has 0 saturated carbocycles. The Morgan fingerprint density at radius 2 is 1.83 bits per heavy atom. The van der Waals surface area contributed by atoms with E-state index in [-0.39, 0.29) is 17.4 Å². The molecule has 0 atom stereocenters. The number of hydrogen-bond donors (Lipinski definition) is 1. The molecule has 0 aliphatic carbocycles. The summed E-state index contributed by atoms with van der Waals surface area (Å²) in [5, 5.41) is 12.3. The largest absolute Gasteiger partial charge is 0.386 e. The van der Waals surface area contributed by atoms with Crippen LogP contribution in [0.2, 0.25) is 0 Å². The summed E-state index contributed by atoms with van der Waals surface area (Å²) in [5.41, 5.74) is 2.36. The maximum absolute atomic E-state index is 12.4. The van der Waals surface area contributed by atoms with Crippen molar-refractivity contribution in [2.24, 2.45) is 0 Å². The van der Waals surface area contributed by atoms with Gasteiger partial charge in [-0.25, -0.2) is 0 Å². The number of hydrogen-bond acceptors (Lipinski definition) is 4. The third-order valence-electron chi connectivity index (χ3n) is 4.16. The number of amides is 2. The van der Waals surface area contributed by atoms with Crippen LogP contribution in [0.3, 0.4) is 0 Å². The fourth-order valence-corrected chi connectivity index (χ4v) is 2.61. The lowest BCUT2D eigenvalue weighted by Gasteiger charge is -2.34. The maximum atomic E-state index is 12.4. The minimum absolute atomic E-state index is 0.0121. The van der Waals surface area contributed by atoms with Crippen molar-refractivity contribution >= 4 is 11.8 Å². The monoisotopic (exact) mass is 326 g/mol. The Morgan fingerprint density at radius 1 is 1.21 bits per heavy atom. The molecule has 1 N–H and O–H groups in total. The van der Waals surface area contributed by atoms with Crippen molar-refractivity contribution in [1.29, 1.82) is 5.26 Å². The summed E-state index contributed by atoms with van der Waals surface area (Å²) in [7, 11) is 0. The molecule has 0 unspecified atom stereocenters. The van der Waals surface area contributed by atoms with Crippen LogP contribution in [-0.2, 0) is 16.1 Å². The normalized spacial score (nSPS) is 15.0. The van der Waals surface area contributed by atoms with Crippen LogP contribution in [0.1, 0.15) is 18.1 Å². The lowest BCUT2D eigenvalue weighted by molar-refractivity contribution is -0.136. The molecule has 1 aromatic rings. The van der Waals surface area contributed by atoms with Crippen molar-refractivity contribution in [2.45, 2.75) is 20.4 Å². The summed E-state index contributed by atoms with van der Waals surface area (Å²) in [5.74, 6) is -0.281. The highest BCUT2D eigenvalue weighted by Gasteiger charge is 2.24. The molecule has 0 spiro atoms. The highest BCUT2D eigenvalue weighted by molar-refractivity contribution is 5.97. The Balaban J connectivity index is 1.93. The van der Waals surface area contributed by atoms with Gasteiger partial charge in [0.25, 0.3) is 5.91 Å². The van der Waals surface area contributed by atoms with Gasteiger partial charge < -0.3 is 15.1 Å². The molecule has 24 heavy (non-hydrogen) atoms. The molecule has 126 valence electrons. The SMILES string of the molecule is CC(=O)N1CCN(C(=O)/C(C#N)=C\NCc2ccccc2C)CC1. The molecule has 2 rings (SSSR count). The standard InChI is InChI=1S/C18H22N4O2/c1-14-5-3-4-6-16(14)12-20-13-17(11-19)18(24)22-9-7-21(8-10-22)15(2)23/h3-6,13,20H,7-10,12H2,1-2H3/b17-13-. The zero-order chi connectivity index (χ0) is 17.5. The summed E-state index contributed by atoms with van der Waals surface area (Å²) in [6, 6.07) is 9.91. The third kappa shape index (κ3) is 4.35. The topological polar surface area (TPSA) is 76.4 Å². The number of rotatable bonds is 4. The van der Waals surface area contributed by atoms with Crippen LogP contribution < -0.4 is 5.32 Å². The van der Waals surface area contributed by atoms with Crippen molar-refractivity contribution in [3.8, 4) is 6.07 Å². The third-order valence-corrected chi connectivity index (χ3v) is 4.16. The van der Waals surface area contributed by atoms with Crippen molar-refractivity contribution in [1.82, 2.24) is 15.1 Å². The van der Waals surface area contributed by atoms with Gasteiger partial charge in [0.15, 0.2) is 0 Å². The number of carbonyl (C=O) groups excluding carboxylic acids is 2. The molecule has 2 amide bonds. The summed E-state index contributed by atoms with van der Waals surface area (Å²) in [6.07, 6.45) is 1.48. The van der Waals surface area contributed by atoms with Crippen LogP contribution in [-0.4, -0.2) is 47.8 Å². The Morgan fingerprint density at radius 3 is 2.42 bits per heavy atom. The quantitative estimate of drug-likeness (QED) is 0.666. The number of carbonyl (C=O) groups is 2. The molecule has 1 aromatic carbocycles. The van der Waals surface area contributed by atoms with Gasteiger partial charge in [0, 0.05) is 45.8 Å². The summed E-state index contributed by atoms with van der Waals surface area (Å²) in [6.45, 7) is 6.03. The van der Waals surface area contributed by atoms with E-state index in [1.165, 1.54) is 13.1 Å². The van der Waals surface area contributed by atoms with Gasteiger partial charge in [0.1, 0.15) is 11.6 Å². The fraction of sp³-hybridized carbons (Fsp3) is 0.389. The van der Waals surface area contributed by atoms with E-state index in [2.05, 4.69) is 5.32 Å². The molecule has 1 fully saturated rings. The number of nitrogens with one attached hydrogen (secondary N) is 1. The zero-order valence-corrected chi connectivity index (χ0v) is 14.1. The number of benzene rings is 1. The second kappa shape index (κ2) is 8.16. The summed E-state index contributed by atoms with van der Waals surface area (Å²) < 4.78 is 0. The lowest BCUT2D eigenvalue weighted by atomic mass is 10.1. The molecule has 0 bridgehead atoms. The van der Waals surface area contributed by atoms with Crippen LogP contribution in [0.25, 0.3) is 0 Å². The molecule has 1 aliphatic heterocycles. The molecule has 6 nitrogen and oxygen atoms in total. The van der Waals surface area contributed by atoms with Gasteiger partial charge in [-0.1, -0.05) is 24.3 Å². The highest BCUT2D eigenvalue weighted by atomic mass is 16.2. The van der Waals surface area contributed by atoms with Gasteiger partial charge >= 0.3 is 0 Å². The Labute approximate surface area is 142 Å². The smallest absolute Gasteiger partial charge is 0.266 e. The average Bonchev–Trinajstić information content (AvgIpc) is 2.60. The average molecular weight is 326 g/mol. The molecule has 6 heteroatoms. The van der Waals surface area contributed by atoms with Crippen LogP contribution in [0.5, 0.6) is 0 Å². The fourth-order valence-electron chi connectivity index (χ4n) is 2.61. The highest BCUT2D eigenvalue weighted by Crippen LogP contribution is 2.08. The van der Waals surface area contributed by atoms with E-state index in [0.717, 1.165) is 11.1 Å². The predicted octanol–water partition coefficient (Wildman–Crippen LogP) is 1.18. The Hall–Kier alpha value is -2.81. The first-order valence-electron chi connectivity index (χ1n) is 7.96. The lowest BCUT2D eigenvalue weighted by Crippen LogP contribution is -2.50. The van der Waals surface area contributed by atoms with Crippen LogP contribution in [0.15, 0.2) is 36.0 Å². The van der Waals surface area contributed by atoms with E-state index in [9.17, 15) is 14.9 Å². The van der Waals surface area contributed by atoms with Crippen LogP contribution in [0.4, 0.5) is 0 Å². The second-order valence-electron chi connectivity index (χ2n) is 5.78. The second-order valence-corrected chi connectivity index (χ2v) is 5.78. The van der Waals surface area contributed by atoms with Gasteiger partial charge in [-0.3, -0.25) is 9.59 Å². The molecule has 1 saturated heterocycles. The molecule has 1 heterocycles. The van der Waals surface area contributed by atoms with Crippen LogP contribution in [0, 0.1) is 18.3 Å². The molecule has 0 aromatic heterocycles. The molecular formula is C18H22N4O2. The van der Waals surface area contributed by atoms with E-state index in [1.807, 2.05) is 37.3 Å².